The van der Waals surface area contributed by atoms with E-state index in [-0.39, 0.29) is 5.92 Å². The first-order chi connectivity index (χ1) is 3.81. The van der Waals surface area contributed by atoms with Crippen molar-refractivity contribution < 1.29 is 0 Å². The lowest BCUT2D eigenvalue weighted by atomic mass is 10.1. The van der Waals surface area contributed by atoms with Gasteiger partial charge in [-0.05, 0) is 5.92 Å². The van der Waals surface area contributed by atoms with Crippen LogP contribution in [0.25, 0.3) is 0 Å². The molecule has 0 heterocycles. The highest BCUT2D eigenvalue weighted by atomic mass is 14.3. The Balaban J connectivity index is 3.25. The van der Waals surface area contributed by atoms with Crippen LogP contribution >= 0.6 is 0 Å². The van der Waals surface area contributed by atoms with Crippen LogP contribution in [-0.2, 0) is 0 Å². The molecule has 0 bridgehead atoms. The Hall–Kier alpha value is -1.02. The summed E-state index contributed by atoms with van der Waals surface area (Å²) in [4.78, 5) is 0. The van der Waals surface area contributed by atoms with Crippen molar-refractivity contribution in [2.45, 2.75) is 19.8 Å². The van der Waals surface area contributed by atoms with Gasteiger partial charge < -0.3 is 0 Å². The summed E-state index contributed by atoms with van der Waals surface area (Å²) in [5.41, 5.74) is 0. The number of nitriles is 2. The molecule has 2 nitrogen and oxygen atoms in total. The van der Waals surface area contributed by atoms with Crippen molar-refractivity contribution in [3.63, 3.8) is 0 Å². The normalized spacial score (nSPS) is 8.00. The number of hydrogen-bond donors (Lipinski definition) is 0. The van der Waals surface area contributed by atoms with Gasteiger partial charge in [-0.3, -0.25) is 0 Å². The summed E-state index contributed by atoms with van der Waals surface area (Å²) in [6.07, 6.45) is 0.987. The van der Waals surface area contributed by atoms with E-state index in [1.165, 1.54) is 0 Å². The van der Waals surface area contributed by atoms with E-state index in [9.17, 15) is 0 Å². The minimum Gasteiger partial charge on any atom is -0.198 e. The first-order valence-electron chi connectivity index (χ1n) is 2.55. The van der Waals surface area contributed by atoms with Gasteiger partial charge in [0.25, 0.3) is 0 Å². The minimum absolute atomic E-state index is 0.241. The van der Waals surface area contributed by atoms with Crippen LogP contribution in [0.2, 0.25) is 0 Å². The highest BCUT2D eigenvalue weighted by Crippen LogP contribution is 2.03. The molecule has 42 valence electrons. The molecule has 0 unspecified atom stereocenters. The molecular weight excluding hydrogens is 100 g/mol. The van der Waals surface area contributed by atoms with E-state index in [4.69, 9.17) is 10.5 Å². The van der Waals surface area contributed by atoms with E-state index in [0.29, 0.717) is 12.8 Å². The van der Waals surface area contributed by atoms with E-state index in [2.05, 4.69) is 0 Å². The van der Waals surface area contributed by atoms with Crippen molar-refractivity contribution >= 4 is 0 Å². The zero-order chi connectivity index (χ0) is 6.41. The molecule has 0 aliphatic carbocycles. The second-order valence-corrected chi connectivity index (χ2v) is 1.83. The zero-order valence-corrected chi connectivity index (χ0v) is 4.89. The average Bonchev–Trinajstić information content (AvgIpc) is 1.68. The molecule has 0 atom stereocenters. The largest absolute Gasteiger partial charge is 0.198 e. The van der Waals surface area contributed by atoms with Crippen molar-refractivity contribution in [3.8, 4) is 12.1 Å². The van der Waals surface area contributed by atoms with Gasteiger partial charge in [-0.15, -0.1) is 0 Å². The van der Waals surface area contributed by atoms with Crippen LogP contribution < -0.4 is 0 Å². The molecule has 0 fully saturated rings. The Morgan fingerprint density at radius 3 is 1.88 bits per heavy atom. The Morgan fingerprint density at radius 1 is 1.25 bits per heavy atom. The van der Waals surface area contributed by atoms with Crippen LogP contribution in [0.15, 0.2) is 0 Å². The fourth-order valence-electron chi connectivity index (χ4n) is 0.384. The van der Waals surface area contributed by atoms with Crippen LogP contribution in [0.3, 0.4) is 0 Å². The Morgan fingerprint density at radius 2 is 1.62 bits per heavy atom. The Kier molecular flexibility index (Phi) is 3.62. The summed E-state index contributed by atoms with van der Waals surface area (Å²) >= 11 is 0. The monoisotopic (exact) mass is 108 g/mol. The van der Waals surface area contributed by atoms with E-state index in [1.54, 1.807) is 0 Å². The second kappa shape index (κ2) is 4.15. The molecule has 2 heteroatoms. The van der Waals surface area contributed by atoms with Crippen LogP contribution in [-0.4, -0.2) is 0 Å². The highest BCUT2D eigenvalue weighted by molar-refractivity contribution is 4.80. The lowest BCUT2D eigenvalue weighted by molar-refractivity contribution is 0.616. The molecule has 0 radical (unpaired) electrons. The Bertz CT molecular complexity index is 110. The fraction of sp³-hybridized carbons (Fsp3) is 0.667. The highest BCUT2D eigenvalue weighted by Gasteiger charge is 1.96. The summed E-state index contributed by atoms with van der Waals surface area (Å²) in [7, 11) is 0. The van der Waals surface area contributed by atoms with E-state index < -0.39 is 0 Å². The topological polar surface area (TPSA) is 47.6 Å². The molecule has 0 N–H and O–H groups in total. The van der Waals surface area contributed by atoms with E-state index in [1.807, 2.05) is 19.1 Å². The number of rotatable bonds is 2. The first kappa shape index (κ1) is 6.98. The van der Waals surface area contributed by atoms with Crippen molar-refractivity contribution in [2.24, 2.45) is 5.92 Å². The molecule has 0 aromatic carbocycles. The van der Waals surface area contributed by atoms with E-state index >= 15 is 0 Å². The van der Waals surface area contributed by atoms with E-state index in [0.717, 1.165) is 0 Å². The van der Waals surface area contributed by atoms with Gasteiger partial charge in [-0.25, -0.2) is 0 Å². The van der Waals surface area contributed by atoms with Gasteiger partial charge >= 0.3 is 0 Å². The maximum Gasteiger partial charge on any atom is 0.0624 e. The third-order valence-corrected chi connectivity index (χ3v) is 0.879. The van der Waals surface area contributed by atoms with Crippen LogP contribution in [0, 0.1) is 28.6 Å². The van der Waals surface area contributed by atoms with Gasteiger partial charge in [-0.2, -0.15) is 10.5 Å². The predicted molar refractivity (Wildman–Crippen MR) is 29.6 cm³/mol. The molecule has 0 spiro atoms. The quantitative estimate of drug-likeness (QED) is 0.537. The summed E-state index contributed by atoms with van der Waals surface area (Å²) in [5, 5.41) is 16.2. The molecule has 0 amide bonds. The first-order valence-corrected chi connectivity index (χ1v) is 2.55. The molecule has 0 aromatic heterocycles. The van der Waals surface area contributed by atoms with Crippen molar-refractivity contribution in [2.75, 3.05) is 0 Å². The standard InChI is InChI=1S/C6H8N2/c1-6(2-4-7)3-5-8/h6H,2-3H2,1H3. The fourth-order valence-corrected chi connectivity index (χ4v) is 0.384. The maximum absolute atomic E-state index is 8.10. The van der Waals surface area contributed by atoms with Crippen molar-refractivity contribution in [1.29, 1.82) is 10.5 Å². The Labute approximate surface area is 49.3 Å². The van der Waals surface area contributed by atoms with Gasteiger partial charge in [0.05, 0.1) is 12.1 Å². The molecule has 0 aliphatic rings. The SMILES string of the molecule is CC(CC#N)CC#N. The molecule has 0 saturated carbocycles. The van der Waals surface area contributed by atoms with Crippen molar-refractivity contribution in [1.82, 2.24) is 0 Å². The summed E-state index contributed by atoms with van der Waals surface area (Å²) in [6.45, 7) is 1.90. The van der Waals surface area contributed by atoms with Crippen LogP contribution in [0.1, 0.15) is 19.8 Å². The molecular formula is C6H8N2. The van der Waals surface area contributed by atoms with Crippen LogP contribution in [0.5, 0.6) is 0 Å². The molecule has 8 heavy (non-hydrogen) atoms. The lowest BCUT2D eigenvalue weighted by Gasteiger charge is -1.94. The smallest absolute Gasteiger partial charge is 0.0624 e. The third kappa shape index (κ3) is 3.18. The minimum atomic E-state index is 0.241. The summed E-state index contributed by atoms with van der Waals surface area (Å²) < 4.78 is 0. The van der Waals surface area contributed by atoms with Crippen molar-refractivity contribution in [3.05, 3.63) is 0 Å². The maximum atomic E-state index is 8.10. The van der Waals surface area contributed by atoms with Gasteiger partial charge in [0, 0.05) is 12.8 Å². The summed E-state index contributed by atoms with van der Waals surface area (Å²) in [5.74, 6) is 0.241. The average molecular weight is 108 g/mol. The van der Waals surface area contributed by atoms with Gasteiger partial charge in [0.15, 0.2) is 0 Å². The van der Waals surface area contributed by atoms with Gasteiger partial charge in [0.1, 0.15) is 0 Å². The number of nitrogens with zero attached hydrogens (tertiary/aromatic N) is 2. The molecule has 0 aromatic rings. The van der Waals surface area contributed by atoms with Gasteiger partial charge in [0.2, 0.25) is 0 Å². The molecule has 0 rings (SSSR count). The zero-order valence-electron chi connectivity index (χ0n) is 4.89. The second-order valence-electron chi connectivity index (χ2n) is 1.83. The van der Waals surface area contributed by atoms with Gasteiger partial charge in [-0.1, -0.05) is 6.92 Å². The third-order valence-electron chi connectivity index (χ3n) is 0.879. The number of hydrogen-bond acceptors (Lipinski definition) is 2. The molecule has 0 aliphatic heterocycles. The predicted octanol–water partition coefficient (Wildman–Crippen LogP) is 1.45. The molecule has 0 saturated heterocycles. The van der Waals surface area contributed by atoms with Crippen LogP contribution in [0.4, 0.5) is 0 Å². The summed E-state index contributed by atoms with van der Waals surface area (Å²) in [6, 6.07) is 4.00. The lowest BCUT2D eigenvalue weighted by Crippen LogP contribution is -1.88.